The van der Waals surface area contributed by atoms with Crippen LogP contribution in [-0.4, -0.2) is 0 Å². The van der Waals surface area contributed by atoms with Gasteiger partial charge in [0.15, 0.2) is 0 Å². The number of ether oxygens (including phenoxy) is 1. The molecule has 0 saturated heterocycles. The molecule has 0 bridgehead atoms. The molecule has 0 heterocycles. The Labute approximate surface area is 130 Å². The molecule has 0 aliphatic rings. The summed E-state index contributed by atoms with van der Waals surface area (Å²) < 4.78 is 5.84. The fourth-order valence-electron chi connectivity index (χ4n) is 2.37. The van der Waals surface area contributed by atoms with E-state index in [1.807, 2.05) is 84.9 Å². The molecule has 3 aromatic carbocycles. The van der Waals surface area contributed by atoms with Crippen LogP contribution in [0.4, 0.5) is 0 Å². The summed E-state index contributed by atoms with van der Waals surface area (Å²) in [6.45, 7) is 0. The van der Waals surface area contributed by atoms with Gasteiger partial charge in [-0.05, 0) is 35.4 Å². The number of hydrogen-bond donors (Lipinski definition) is 0. The van der Waals surface area contributed by atoms with E-state index in [1.165, 1.54) is 0 Å². The Morgan fingerprint density at radius 1 is 0.682 bits per heavy atom. The first-order valence-electron chi connectivity index (χ1n) is 7.14. The normalized spacial score (nSPS) is 11.4. The Hall–Kier alpha value is -3.05. The summed E-state index contributed by atoms with van der Waals surface area (Å²) in [5.74, 6) is 1.23. The summed E-state index contributed by atoms with van der Waals surface area (Å²) in [5, 5.41) is 9.52. The topological polar surface area (TPSA) is 33.0 Å². The molecular formula is C20H15NO. The van der Waals surface area contributed by atoms with Crippen LogP contribution in [0.2, 0.25) is 0 Å². The lowest BCUT2D eigenvalue weighted by Crippen LogP contribution is -1.98. The molecule has 3 aromatic rings. The quantitative estimate of drug-likeness (QED) is 0.665. The molecule has 0 amide bonds. The maximum Gasteiger partial charge on any atom is 0.127 e. The highest BCUT2D eigenvalue weighted by molar-refractivity contribution is 5.42. The van der Waals surface area contributed by atoms with Crippen molar-refractivity contribution in [3.05, 3.63) is 96.1 Å². The molecule has 0 aromatic heterocycles. The van der Waals surface area contributed by atoms with Crippen LogP contribution in [0, 0.1) is 11.3 Å². The van der Waals surface area contributed by atoms with E-state index < -0.39 is 0 Å². The number of para-hydroxylation sites is 1. The molecule has 2 nitrogen and oxygen atoms in total. The van der Waals surface area contributed by atoms with E-state index in [0.717, 1.165) is 22.6 Å². The zero-order valence-electron chi connectivity index (χ0n) is 12.0. The third-order valence-corrected chi connectivity index (χ3v) is 3.43. The zero-order chi connectivity index (χ0) is 15.2. The maximum atomic E-state index is 9.52. The van der Waals surface area contributed by atoms with E-state index in [1.54, 1.807) is 0 Å². The van der Waals surface area contributed by atoms with Gasteiger partial charge in [-0.15, -0.1) is 0 Å². The van der Waals surface area contributed by atoms with E-state index >= 15 is 0 Å². The molecule has 22 heavy (non-hydrogen) atoms. The largest absolute Gasteiger partial charge is 0.457 e. The van der Waals surface area contributed by atoms with Crippen molar-refractivity contribution in [2.45, 2.75) is 5.92 Å². The fourth-order valence-corrected chi connectivity index (χ4v) is 2.37. The monoisotopic (exact) mass is 285 g/mol. The second-order valence-corrected chi connectivity index (χ2v) is 4.96. The minimum absolute atomic E-state index is 0.291. The summed E-state index contributed by atoms with van der Waals surface area (Å²) in [6.07, 6.45) is 0. The van der Waals surface area contributed by atoms with Gasteiger partial charge >= 0.3 is 0 Å². The first-order valence-corrected chi connectivity index (χ1v) is 7.14. The Morgan fingerprint density at radius 2 is 1.27 bits per heavy atom. The van der Waals surface area contributed by atoms with Crippen LogP contribution in [0.1, 0.15) is 17.0 Å². The van der Waals surface area contributed by atoms with E-state index in [4.69, 9.17) is 4.74 Å². The minimum Gasteiger partial charge on any atom is -0.457 e. The Bertz CT molecular complexity index is 776. The highest BCUT2D eigenvalue weighted by atomic mass is 16.5. The average molecular weight is 285 g/mol. The van der Waals surface area contributed by atoms with E-state index in [9.17, 15) is 5.26 Å². The van der Waals surface area contributed by atoms with Gasteiger partial charge in [0.25, 0.3) is 0 Å². The lowest BCUT2D eigenvalue weighted by atomic mass is 9.93. The summed E-state index contributed by atoms with van der Waals surface area (Å²) in [7, 11) is 0. The third kappa shape index (κ3) is 3.16. The molecule has 0 aliphatic heterocycles. The zero-order valence-corrected chi connectivity index (χ0v) is 12.0. The van der Waals surface area contributed by atoms with Gasteiger partial charge in [0.2, 0.25) is 0 Å². The smallest absolute Gasteiger partial charge is 0.127 e. The van der Waals surface area contributed by atoms with Crippen molar-refractivity contribution in [3.63, 3.8) is 0 Å². The minimum atomic E-state index is -0.291. The maximum absolute atomic E-state index is 9.52. The Kier molecular flexibility index (Phi) is 4.17. The molecule has 0 aliphatic carbocycles. The van der Waals surface area contributed by atoms with Crippen molar-refractivity contribution in [1.29, 1.82) is 5.26 Å². The van der Waals surface area contributed by atoms with Gasteiger partial charge in [0.1, 0.15) is 11.5 Å². The summed E-state index contributed by atoms with van der Waals surface area (Å²) in [5.41, 5.74) is 1.92. The molecule has 0 unspecified atom stereocenters. The van der Waals surface area contributed by atoms with E-state index in [2.05, 4.69) is 6.07 Å². The first-order chi connectivity index (χ1) is 10.9. The van der Waals surface area contributed by atoms with Gasteiger partial charge in [0, 0.05) is 0 Å². The molecular weight excluding hydrogens is 270 g/mol. The number of nitrogens with zero attached hydrogens (tertiary/aromatic N) is 1. The van der Waals surface area contributed by atoms with Crippen LogP contribution in [-0.2, 0) is 0 Å². The van der Waals surface area contributed by atoms with Crippen LogP contribution < -0.4 is 4.74 Å². The molecule has 3 rings (SSSR count). The van der Waals surface area contributed by atoms with Gasteiger partial charge in [0.05, 0.1) is 12.0 Å². The number of benzene rings is 3. The highest BCUT2D eigenvalue weighted by Gasteiger charge is 2.13. The second kappa shape index (κ2) is 6.60. The van der Waals surface area contributed by atoms with Crippen LogP contribution in [0.3, 0.4) is 0 Å². The molecule has 0 saturated carbocycles. The van der Waals surface area contributed by atoms with E-state index in [0.29, 0.717) is 0 Å². The Morgan fingerprint density at radius 3 is 1.95 bits per heavy atom. The van der Waals surface area contributed by atoms with Crippen LogP contribution >= 0.6 is 0 Å². The van der Waals surface area contributed by atoms with Gasteiger partial charge in [-0.2, -0.15) is 5.26 Å². The number of nitriles is 1. The standard InChI is InChI=1S/C20H15NO/c21-15-20(16-8-3-1-4-9-16)17-10-7-13-19(14-17)22-18-11-5-2-6-12-18/h1-14,20H/t20-/m0/s1. The highest BCUT2D eigenvalue weighted by Crippen LogP contribution is 2.28. The average Bonchev–Trinajstić information content (AvgIpc) is 2.58. The molecule has 2 heteroatoms. The molecule has 0 spiro atoms. The van der Waals surface area contributed by atoms with Crippen LogP contribution in [0.15, 0.2) is 84.9 Å². The van der Waals surface area contributed by atoms with Crippen molar-refractivity contribution in [2.75, 3.05) is 0 Å². The molecule has 1 atom stereocenters. The van der Waals surface area contributed by atoms with E-state index in [-0.39, 0.29) is 5.92 Å². The van der Waals surface area contributed by atoms with Gasteiger partial charge < -0.3 is 4.74 Å². The summed E-state index contributed by atoms with van der Waals surface area (Å²) >= 11 is 0. The fraction of sp³-hybridized carbons (Fsp3) is 0.0500. The van der Waals surface area contributed by atoms with Crippen molar-refractivity contribution < 1.29 is 4.74 Å². The summed E-state index contributed by atoms with van der Waals surface area (Å²) in [4.78, 5) is 0. The molecule has 0 fully saturated rings. The van der Waals surface area contributed by atoms with Crippen molar-refractivity contribution in [1.82, 2.24) is 0 Å². The summed E-state index contributed by atoms with van der Waals surface area (Å²) in [6, 6.07) is 29.5. The molecule has 0 N–H and O–H groups in total. The van der Waals surface area contributed by atoms with Crippen LogP contribution in [0.25, 0.3) is 0 Å². The van der Waals surface area contributed by atoms with Crippen LogP contribution in [0.5, 0.6) is 11.5 Å². The third-order valence-electron chi connectivity index (χ3n) is 3.43. The molecule has 106 valence electrons. The van der Waals surface area contributed by atoms with Crippen molar-refractivity contribution in [2.24, 2.45) is 0 Å². The SMILES string of the molecule is N#C[C@@H](c1ccccc1)c1cccc(Oc2ccccc2)c1. The van der Waals surface area contributed by atoms with Gasteiger partial charge in [-0.25, -0.2) is 0 Å². The predicted molar refractivity (Wildman–Crippen MR) is 86.9 cm³/mol. The van der Waals surface area contributed by atoms with Gasteiger partial charge in [-0.3, -0.25) is 0 Å². The molecule has 0 radical (unpaired) electrons. The van der Waals surface area contributed by atoms with Crippen molar-refractivity contribution >= 4 is 0 Å². The van der Waals surface area contributed by atoms with Gasteiger partial charge in [-0.1, -0.05) is 60.7 Å². The predicted octanol–water partition coefficient (Wildman–Crippen LogP) is 5.13. The number of hydrogen-bond acceptors (Lipinski definition) is 2. The second-order valence-electron chi connectivity index (χ2n) is 4.96. The first kappa shape index (κ1) is 13.9. The lowest BCUT2D eigenvalue weighted by molar-refractivity contribution is 0.482. The number of rotatable bonds is 4. The lowest BCUT2D eigenvalue weighted by Gasteiger charge is -2.12. The Balaban J connectivity index is 1.89. The van der Waals surface area contributed by atoms with Crippen molar-refractivity contribution in [3.8, 4) is 17.6 Å².